The highest BCUT2D eigenvalue weighted by Crippen LogP contribution is 2.19. The van der Waals surface area contributed by atoms with Crippen molar-refractivity contribution >= 4 is 11.6 Å². The van der Waals surface area contributed by atoms with Crippen molar-refractivity contribution in [3.8, 4) is 0 Å². The zero-order chi connectivity index (χ0) is 19.1. The van der Waals surface area contributed by atoms with Gasteiger partial charge < -0.3 is 15.5 Å². The number of guanidine groups is 1. The number of nitrogens with one attached hydrogen (secondary N) is 2. The van der Waals surface area contributed by atoms with Crippen LogP contribution in [0.25, 0.3) is 0 Å². The molecule has 0 saturated carbocycles. The van der Waals surface area contributed by atoms with Crippen LogP contribution in [0.5, 0.6) is 0 Å². The minimum atomic E-state index is 0.281. The SMILES string of the molecule is CN=C(NCc1ccc(N2CC=CC2)cc1)NC(C)C(C)c1ccccc1. The number of rotatable bonds is 6. The van der Waals surface area contributed by atoms with E-state index in [0.29, 0.717) is 5.92 Å². The topological polar surface area (TPSA) is 39.7 Å². The normalized spacial score (nSPS) is 16.3. The van der Waals surface area contributed by atoms with Crippen LogP contribution in [-0.2, 0) is 6.54 Å². The Bertz CT molecular complexity index is 757. The average Bonchev–Trinajstić information content (AvgIpc) is 3.26. The first-order valence-electron chi connectivity index (χ1n) is 9.68. The van der Waals surface area contributed by atoms with Crippen molar-refractivity contribution in [3.63, 3.8) is 0 Å². The first-order chi connectivity index (χ1) is 13.2. The highest BCUT2D eigenvalue weighted by atomic mass is 15.2. The third-order valence-corrected chi connectivity index (χ3v) is 5.24. The van der Waals surface area contributed by atoms with E-state index in [1.165, 1.54) is 16.8 Å². The molecule has 0 spiro atoms. The number of nitrogens with zero attached hydrogens (tertiary/aromatic N) is 2. The summed E-state index contributed by atoms with van der Waals surface area (Å²) in [6, 6.07) is 19.6. The molecule has 2 aromatic carbocycles. The van der Waals surface area contributed by atoms with Gasteiger partial charge in [-0.05, 0) is 30.2 Å². The minimum absolute atomic E-state index is 0.281. The summed E-state index contributed by atoms with van der Waals surface area (Å²) in [5, 5.41) is 6.94. The fraction of sp³-hybridized carbons (Fsp3) is 0.348. The predicted octanol–water partition coefficient (Wildman–Crippen LogP) is 3.92. The van der Waals surface area contributed by atoms with Gasteiger partial charge in [0, 0.05) is 44.3 Å². The molecule has 27 heavy (non-hydrogen) atoms. The van der Waals surface area contributed by atoms with Gasteiger partial charge in [-0.15, -0.1) is 0 Å². The van der Waals surface area contributed by atoms with Crippen LogP contribution in [0.4, 0.5) is 5.69 Å². The van der Waals surface area contributed by atoms with Crippen LogP contribution < -0.4 is 15.5 Å². The molecular weight excluding hydrogens is 332 g/mol. The van der Waals surface area contributed by atoms with Crippen molar-refractivity contribution < 1.29 is 0 Å². The Kier molecular flexibility index (Phi) is 6.53. The average molecular weight is 363 g/mol. The lowest BCUT2D eigenvalue weighted by molar-refractivity contribution is 0.550. The number of anilines is 1. The van der Waals surface area contributed by atoms with E-state index >= 15 is 0 Å². The van der Waals surface area contributed by atoms with Crippen molar-refractivity contribution in [1.82, 2.24) is 10.6 Å². The minimum Gasteiger partial charge on any atom is -0.364 e. The molecule has 4 heteroatoms. The summed E-state index contributed by atoms with van der Waals surface area (Å²) >= 11 is 0. The van der Waals surface area contributed by atoms with E-state index in [4.69, 9.17) is 0 Å². The maximum atomic E-state index is 4.38. The van der Waals surface area contributed by atoms with E-state index in [9.17, 15) is 0 Å². The molecule has 2 unspecified atom stereocenters. The molecule has 0 amide bonds. The molecule has 0 bridgehead atoms. The highest BCUT2D eigenvalue weighted by Gasteiger charge is 2.15. The summed E-state index contributed by atoms with van der Waals surface area (Å²) < 4.78 is 0. The quantitative estimate of drug-likeness (QED) is 0.465. The Morgan fingerprint density at radius 3 is 2.30 bits per heavy atom. The van der Waals surface area contributed by atoms with Gasteiger partial charge in [0.15, 0.2) is 5.96 Å². The second-order valence-electron chi connectivity index (χ2n) is 7.10. The number of hydrogen-bond acceptors (Lipinski definition) is 2. The van der Waals surface area contributed by atoms with E-state index in [2.05, 4.69) is 101 Å². The summed E-state index contributed by atoms with van der Waals surface area (Å²) in [4.78, 5) is 6.73. The molecule has 4 nitrogen and oxygen atoms in total. The molecular formula is C23H30N4. The van der Waals surface area contributed by atoms with Gasteiger partial charge in [0.2, 0.25) is 0 Å². The standard InChI is InChI=1S/C23H30N4/c1-18(21-9-5-4-6-10-21)19(2)26-23(24-3)25-17-20-11-13-22(14-12-20)27-15-7-8-16-27/h4-14,18-19H,15-17H2,1-3H3,(H2,24,25,26). The zero-order valence-corrected chi connectivity index (χ0v) is 16.5. The molecule has 0 aromatic heterocycles. The lowest BCUT2D eigenvalue weighted by atomic mass is 9.94. The summed E-state index contributed by atoms with van der Waals surface area (Å²) in [6.45, 7) is 7.21. The van der Waals surface area contributed by atoms with Crippen molar-refractivity contribution in [2.75, 3.05) is 25.0 Å². The summed E-state index contributed by atoms with van der Waals surface area (Å²) in [7, 11) is 1.82. The Hall–Kier alpha value is -2.75. The van der Waals surface area contributed by atoms with Gasteiger partial charge in [-0.25, -0.2) is 0 Å². The van der Waals surface area contributed by atoms with Gasteiger partial charge >= 0.3 is 0 Å². The first kappa shape index (κ1) is 19.0. The Balaban J connectivity index is 1.51. The largest absolute Gasteiger partial charge is 0.364 e. The van der Waals surface area contributed by atoms with Crippen LogP contribution in [0, 0.1) is 0 Å². The molecule has 0 radical (unpaired) electrons. The molecule has 2 atom stereocenters. The summed E-state index contributed by atoms with van der Waals surface area (Å²) in [5.74, 6) is 1.23. The Labute approximate surface area is 163 Å². The van der Waals surface area contributed by atoms with Gasteiger partial charge in [0.25, 0.3) is 0 Å². The molecule has 3 rings (SSSR count). The molecule has 2 aromatic rings. The van der Waals surface area contributed by atoms with Crippen LogP contribution in [0.3, 0.4) is 0 Å². The van der Waals surface area contributed by atoms with Gasteiger partial charge in [-0.1, -0.05) is 61.5 Å². The van der Waals surface area contributed by atoms with E-state index in [0.717, 1.165) is 25.6 Å². The van der Waals surface area contributed by atoms with E-state index < -0.39 is 0 Å². The van der Waals surface area contributed by atoms with E-state index in [1.807, 2.05) is 7.05 Å². The summed E-state index contributed by atoms with van der Waals surface area (Å²) in [5.41, 5.74) is 3.86. The third kappa shape index (κ3) is 5.13. The molecule has 0 fully saturated rings. The van der Waals surface area contributed by atoms with Crippen LogP contribution in [0.15, 0.2) is 71.7 Å². The molecule has 0 saturated heterocycles. The number of benzene rings is 2. The number of hydrogen-bond donors (Lipinski definition) is 2. The second-order valence-corrected chi connectivity index (χ2v) is 7.10. The van der Waals surface area contributed by atoms with Gasteiger partial charge in [-0.2, -0.15) is 0 Å². The van der Waals surface area contributed by atoms with Crippen molar-refractivity contribution in [2.45, 2.75) is 32.4 Å². The summed E-state index contributed by atoms with van der Waals surface area (Å²) in [6.07, 6.45) is 4.42. The molecule has 142 valence electrons. The van der Waals surface area contributed by atoms with Gasteiger partial charge in [-0.3, -0.25) is 4.99 Å². The Morgan fingerprint density at radius 1 is 1.00 bits per heavy atom. The molecule has 1 heterocycles. The highest BCUT2D eigenvalue weighted by molar-refractivity contribution is 5.80. The molecule has 1 aliphatic rings. The predicted molar refractivity (Wildman–Crippen MR) is 115 cm³/mol. The lowest BCUT2D eigenvalue weighted by Gasteiger charge is -2.24. The molecule has 2 N–H and O–H groups in total. The van der Waals surface area contributed by atoms with E-state index in [-0.39, 0.29) is 6.04 Å². The van der Waals surface area contributed by atoms with Crippen molar-refractivity contribution in [1.29, 1.82) is 0 Å². The van der Waals surface area contributed by atoms with Crippen LogP contribution in [-0.4, -0.2) is 32.1 Å². The first-order valence-corrected chi connectivity index (χ1v) is 9.68. The fourth-order valence-corrected chi connectivity index (χ4v) is 3.28. The smallest absolute Gasteiger partial charge is 0.191 e. The molecule has 1 aliphatic heterocycles. The van der Waals surface area contributed by atoms with Crippen LogP contribution >= 0.6 is 0 Å². The fourth-order valence-electron chi connectivity index (χ4n) is 3.28. The van der Waals surface area contributed by atoms with E-state index in [1.54, 1.807) is 0 Å². The van der Waals surface area contributed by atoms with Gasteiger partial charge in [0.1, 0.15) is 0 Å². The zero-order valence-electron chi connectivity index (χ0n) is 16.5. The van der Waals surface area contributed by atoms with Crippen LogP contribution in [0.2, 0.25) is 0 Å². The monoisotopic (exact) mass is 362 g/mol. The third-order valence-electron chi connectivity index (χ3n) is 5.24. The van der Waals surface area contributed by atoms with Crippen molar-refractivity contribution in [2.24, 2.45) is 4.99 Å². The lowest BCUT2D eigenvalue weighted by Crippen LogP contribution is -2.43. The number of aliphatic imine (C=N–C) groups is 1. The van der Waals surface area contributed by atoms with Gasteiger partial charge in [0.05, 0.1) is 0 Å². The van der Waals surface area contributed by atoms with Crippen molar-refractivity contribution in [3.05, 3.63) is 77.9 Å². The van der Waals surface area contributed by atoms with Crippen LogP contribution in [0.1, 0.15) is 30.9 Å². The maximum absolute atomic E-state index is 4.38. The molecule has 0 aliphatic carbocycles. The Morgan fingerprint density at radius 2 is 1.67 bits per heavy atom. The maximum Gasteiger partial charge on any atom is 0.191 e. The second kappa shape index (κ2) is 9.26.